The van der Waals surface area contributed by atoms with Gasteiger partial charge in [-0.25, -0.2) is 55.9 Å². The largest absolute Gasteiger partial charge is 0.445 e. The number of carbonyl (C=O) groups excluding carboxylic acids is 2. The second kappa shape index (κ2) is 25.8. The Morgan fingerprint density at radius 3 is 1.53 bits per heavy atom. The Balaban J connectivity index is 0.000000177. The van der Waals surface area contributed by atoms with Crippen molar-refractivity contribution in [3.63, 3.8) is 0 Å². The van der Waals surface area contributed by atoms with Crippen molar-refractivity contribution < 1.29 is 45.4 Å². The number of benzene rings is 2. The lowest BCUT2D eigenvalue weighted by molar-refractivity contribution is -0.0697. The van der Waals surface area contributed by atoms with Gasteiger partial charge < -0.3 is 41.0 Å². The average Bonchev–Trinajstić information content (AvgIpc) is 4.11. The number of nitrogens with two attached hydrogens (primary N) is 1. The SMILES string of the molecule is C.C.FC1(F)CCNCC1Nc1cncc(-c2cnc3ccccn23)n1.NC1CN(C(=O)OCc2ccccc2)CCC1(F)F.O=C(OCc1ccccc1)N1CCC(F)(F)C(Nc2cncc(-c3cnc4ccccn34)n2)C1. The summed E-state index contributed by atoms with van der Waals surface area (Å²) >= 11 is 0. The molecule has 3 atom stereocenters. The first-order valence-corrected chi connectivity index (χ1v) is 24.6. The first kappa shape index (κ1) is 58.3. The number of likely N-dealkylation sites (tertiary alicyclic amines) is 2. The van der Waals surface area contributed by atoms with Crippen molar-refractivity contribution >= 4 is 35.1 Å². The number of fused-ring (bicyclic) bond motifs is 2. The van der Waals surface area contributed by atoms with Crippen molar-refractivity contribution in [2.24, 2.45) is 5.73 Å². The Labute approximate surface area is 452 Å². The van der Waals surface area contributed by atoms with E-state index in [-0.39, 0.29) is 73.0 Å². The molecule has 9 heterocycles. The van der Waals surface area contributed by atoms with E-state index in [1.54, 1.807) is 24.8 Å². The van der Waals surface area contributed by atoms with Crippen LogP contribution in [0.5, 0.6) is 0 Å². The minimum Gasteiger partial charge on any atom is -0.445 e. The summed E-state index contributed by atoms with van der Waals surface area (Å²) in [5.74, 6) is -8.20. The summed E-state index contributed by atoms with van der Waals surface area (Å²) in [6.45, 7) is 0.190. The number of piperidine rings is 3. The van der Waals surface area contributed by atoms with Crippen LogP contribution in [0, 0.1) is 0 Å². The summed E-state index contributed by atoms with van der Waals surface area (Å²) in [6.07, 6.45) is 10.7. The zero-order valence-electron chi connectivity index (χ0n) is 41.3. The molecule has 3 aliphatic heterocycles. The van der Waals surface area contributed by atoms with Crippen molar-refractivity contribution in [1.82, 2.24) is 53.8 Å². The molecule has 418 valence electrons. The minimum atomic E-state index is -3.03. The van der Waals surface area contributed by atoms with Crippen LogP contribution < -0.4 is 21.7 Å². The molecule has 0 saturated carbocycles. The number of nitrogens with one attached hydrogen (secondary N) is 3. The van der Waals surface area contributed by atoms with Crippen molar-refractivity contribution in [2.45, 2.75) is 83.2 Å². The molecule has 3 aliphatic rings. The van der Waals surface area contributed by atoms with Gasteiger partial charge in [-0.05, 0) is 35.4 Å². The summed E-state index contributed by atoms with van der Waals surface area (Å²) in [4.78, 5) is 52.6. The van der Waals surface area contributed by atoms with Gasteiger partial charge in [-0.15, -0.1) is 0 Å². The van der Waals surface area contributed by atoms with Gasteiger partial charge in [0, 0.05) is 64.4 Å². The number of rotatable bonds is 10. The molecular weight excluding hydrogens is 1030 g/mol. The lowest BCUT2D eigenvalue weighted by Gasteiger charge is -2.38. The lowest BCUT2D eigenvalue weighted by atomic mass is 10.0. The number of pyridine rings is 2. The van der Waals surface area contributed by atoms with Crippen LogP contribution in [0.1, 0.15) is 45.2 Å². The summed E-state index contributed by atoms with van der Waals surface area (Å²) in [7, 11) is 0. The molecule has 2 amide bonds. The van der Waals surface area contributed by atoms with Gasteiger partial charge in [0.25, 0.3) is 17.8 Å². The molecule has 79 heavy (non-hydrogen) atoms. The number of halogens is 6. The topological polar surface area (TPSA) is 207 Å². The fourth-order valence-electron chi connectivity index (χ4n) is 8.64. The third-order valence-corrected chi connectivity index (χ3v) is 13.0. The molecule has 3 unspecified atom stereocenters. The van der Waals surface area contributed by atoms with Crippen molar-refractivity contribution in [1.29, 1.82) is 0 Å². The Bertz CT molecular complexity index is 3250. The highest BCUT2D eigenvalue weighted by Crippen LogP contribution is 2.32. The predicted molar refractivity (Wildman–Crippen MR) is 287 cm³/mol. The fourth-order valence-corrected chi connectivity index (χ4v) is 8.64. The van der Waals surface area contributed by atoms with E-state index in [1.165, 1.54) is 22.2 Å². The average molecular weight is 1100 g/mol. The molecule has 0 radical (unpaired) electrons. The van der Waals surface area contributed by atoms with E-state index in [1.807, 2.05) is 118 Å². The zero-order valence-corrected chi connectivity index (χ0v) is 41.3. The Kier molecular flexibility index (Phi) is 19.1. The standard InChI is InChI=1S/C24H22F2N6O2.C16H16F2N6.C13H16F2N2O2.2CH4/c25-24(26)9-11-31(23(33)34-16-17-6-2-1-3-7-17)15-20(24)30-21-14-27-12-18(29-21)19-13-28-22-8-4-5-10-32(19)22;17-16(18)4-5-19-9-13(16)23-14-10-20-7-11(22-14)12-8-21-15-3-1-2-6-24(12)15;14-13(15)6-7-17(8-11(13)16)12(18)19-9-10-4-2-1-3-5-10;;/h1-8,10,12-14,20H,9,11,15-16H2,(H,29,30);1-3,6-8,10,13,19H,4-5,9H2,(H,22,23);1-5,11H,6-9,16H2;2*1H4. The van der Waals surface area contributed by atoms with Crippen molar-refractivity contribution in [3.05, 3.63) is 158 Å². The quantitative estimate of drug-likeness (QED) is 0.0941. The highest BCUT2D eigenvalue weighted by molar-refractivity contribution is 5.69. The first-order chi connectivity index (χ1) is 37.1. The maximum atomic E-state index is 14.7. The minimum absolute atomic E-state index is 0. The summed E-state index contributed by atoms with van der Waals surface area (Å²) in [6, 6.07) is 26.0. The highest BCUT2D eigenvalue weighted by atomic mass is 19.3. The second-order valence-electron chi connectivity index (χ2n) is 18.4. The van der Waals surface area contributed by atoms with Crippen LogP contribution in [-0.2, 0) is 22.7 Å². The second-order valence-corrected chi connectivity index (χ2v) is 18.4. The molecule has 18 nitrogen and oxygen atoms in total. The highest BCUT2D eigenvalue weighted by Gasteiger charge is 2.46. The van der Waals surface area contributed by atoms with Crippen molar-refractivity contribution in [2.75, 3.05) is 49.9 Å². The molecule has 0 spiro atoms. The molecular formula is C55H62F6N14O4. The monoisotopic (exact) mass is 1100 g/mol. The van der Waals surface area contributed by atoms with Crippen LogP contribution in [0.2, 0.25) is 0 Å². The maximum absolute atomic E-state index is 14.7. The molecule has 3 fully saturated rings. The van der Waals surface area contributed by atoms with E-state index < -0.39 is 60.9 Å². The van der Waals surface area contributed by atoms with E-state index in [0.29, 0.717) is 29.4 Å². The summed E-state index contributed by atoms with van der Waals surface area (Å²) in [5, 5.41) is 8.56. The third kappa shape index (κ3) is 14.6. The summed E-state index contributed by atoms with van der Waals surface area (Å²) < 4.78 is 97.9. The fraction of sp³-hybridized carbons (Fsp3) is 0.345. The third-order valence-electron chi connectivity index (χ3n) is 13.0. The van der Waals surface area contributed by atoms with Crippen LogP contribution in [-0.4, -0.2) is 136 Å². The number of nitrogens with zero attached hydrogens (tertiary/aromatic N) is 10. The number of alkyl halides is 6. The molecule has 2 aromatic carbocycles. The Morgan fingerprint density at radius 2 is 1.04 bits per heavy atom. The molecule has 11 rings (SSSR count). The zero-order chi connectivity index (χ0) is 54.0. The molecule has 24 heteroatoms. The van der Waals surface area contributed by atoms with E-state index in [0.717, 1.165) is 28.1 Å². The number of anilines is 2. The Morgan fingerprint density at radius 1 is 0.582 bits per heavy atom. The van der Waals surface area contributed by atoms with Gasteiger partial charge in [0.2, 0.25) is 0 Å². The number of imidazole rings is 2. The van der Waals surface area contributed by atoms with Gasteiger partial charge in [-0.2, -0.15) is 0 Å². The first-order valence-electron chi connectivity index (χ1n) is 24.6. The van der Waals surface area contributed by atoms with Crippen LogP contribution in [0.25, 0.3) is 34.1 Å². The van der Waals surface area contributed by atoms with Crippen molar-refractivity contribution in [3.8, 4) is 22.8 Å². The van der Waals surface area contributed by atoms with Gasteiger partial charge in [0.05, 0.1) is 61.2 Å². The summed E-state index contributed by atoms with van der Waals surface area (Å²) in [5.41, 5.74) is 11.1. The normalized spacial score (nSPS) is 18.9. The molecule has 6 aromatic heterocycles. The molecule has 5 N–H and O–H groups in total. The van der Waals surface area contributed by atoms with E-state index in [4.69, 9.17) is 15.2 Å². The van der Waals surface area contributed by atoms with E-state index in [9.17, 15) is 35.9 Å². The van der Waals surface area contributed by atoms with Gasteiger partial charge >= 0.3 is 12.2 Å². The lowest BCUT2D eigenvalue weighted by Crippen LogP contribution is -2.56. The number of hydrogen-bond donors (Lipinski definition) is 4. The van der Waals surface area contributed by atoms with Gasteiger partial charge in [-0.1, -0.05) is 87.6 Å². The number of amides is 2. The van der Waals surface area contributed by atoms with E-state index >= 15 is 0 Å². The Hall–Kier alpha value is -8.38. The molecule has 0 aliphatic carbocycles. The van der Waals surface area contributed by atoms with E-state index in [2.05, 4.69) is 45.9 Å². The van der Waals surface area contributed by atoms with Crippen LogP contribution in [0.4, 0.5) is 47.6 Å². The smallest absolute Gasteiger partial charge is 0.410 e. The van der Waals surface area contributed by atoms with Crippen LogP contribution >= 0.6 is 0 Å². The van der Waals surface area contributed by atoms with Gasteiger partial charge in [-0.3, -0.25) is 18.8 Å². The predicted octanol–water partition coefficient (Wildman–Crippen LogP) is 9.71. The number of ether oxygens (including phenoxy) is 2. The maximum Gasteiger partial charge on any atom is 0.410 e. The van der Waals surface area contributed by atoms with Gasteiger partial charge in [0.15, 0.2) is 0 Å². The van der Waals surface area contributed by atoms with Gasteiger partial charge in [0.1, 0.15) is 59.6 Å². The molecule has 0 bridgehead atoms. The number of hydrogen-bond acceptors (Lipinski definition) is 14. The van der Waals surface area contributed by atoms with Crippen LogP contribution in [0.3, 0.4) is 0 Å². The number of carbonyl (C=O) groups is 2. The molecule has 3 saturated heterocycles. The van der Waals surface area contributed by atoms with Crippen LogP contribution in [0.15, 0.2) is 147 Å². The number of aromatic nitrogens is 8. The molecule has 8 aromatic rings.